The molecule has 1 unspecified atom stereocenters. The number of carbonyl (C=O) groups excluding carboxylic acids is 2. The van der Waals surface area contributed by atoms with Gasteiger partial charge in [0.2, 0.25) is 0 Å². The van der Waals surface area contributed by atoms with Crippen molar-refractivity contribution in [2.45, 2.75) is 160 Å². The molecule has 1 aliphatic carbocycles. The van der Waals surface area contributed by atoms with Gasteiger partial charge in [0.25, 0.3) is 0 Å². The SMILES string of the molecule is CCCCCC(=O)OC[C@H](COP(OCC[Si](C)(C)C)O[C@@H]1[C@@H](F)[C@H](OCc2ccccc2)[C@@H](OCc2ccccc2)[C@H](OCc2ccccc2)[C@H]1OCc1ccccc1)OC(=O)CCCCC. The van der Waals surface area contributed by atoms with E-state index in [0.29, 0.717) is 12.8 Å². The summed E-state index contributed by atoms with van der Waals surface area (Å²) in [4.78, 5) is 25.9. The first-order chi connectivity index (χ1) is 33.0. The molecule has 11 nitrogen and oxygen atoms in total. The Hall–Kier alpha value is -3.88. The molecular formula is C54H74FO11PSi. The molecule has 0 saturated heterocycles. The maximum Gasteiger partial charge on any atom is 0.333 e. The van der Waals surface area contributed by atoms with E-state index in [-0.39, 0.29) is 65.1 Å². The molecule has 1 saturated carbocycles. The number of benzene rings is 4. The second-order valence-electron chi connectivity index (χ2n) is 18.4. The highest BCUT2D eigenvalue weighted by Gasteiger charge is 2.56. The maximum absolute atomic E-state index is 18.1. The van der Waals surface area contributed by atoms with Crippen molar-refractivity contribution in [2.75, 3.05) is 19.8 Å². The number of rotatable bonds is 32. The van der Waals surface area contributed by atoms with Gasteiger partial charge in [-0.3, -0.25) is 9.59 Å². The predicted octanol–water partition coefficient (Wildman–Crippen LogP) is 12.3. The molecule has 4 aromatic rings. The number of alkyl halides is 1. The van der Waals surface area contributed by atoms with E-state index in [4.69, 9.17) is 42.0 Å². The molecule has 1 aliphatic rings. The molecule has 68 heavy (non-hydrogen) atoms. The van der Waals surface area contributed by atoms with Crippen LogP contribution in [-0.4, -0.2) is 82.6 Å². The molecule has 0 radical (unpaired) electrons. The number of ether oxygens (including phenoxy) is 6. The Bertz CT molecular complexity index is 1960. The van der Waals surface area contributed by atoms with Gasteiger partial charge < -0.3 is 42.0 Å². The van der Waals surface area contributed by atoms with Gasteiger partial charge in [0.15, 0.2) is 12.3 Å². The highest BCUT2D eigenvalue weighted by Crippen LogP contribution is 2.47. The summed E-state index contributed by atoms with van der Waals surface area (Å²) in [5, 5.41) is 0. The lowest BCUT2D eigenvalue weighted by molar-refractivity contribution is -0.259. The van der Waals surface area contributed by atoms with E-state index in [2.05, 4.69) is 33.5 Å². The minimum Gasteiger partial charge on any atom is -0.462 e. The van der Waals surface area contributed by atoms with E-state index in [1.165, 1.54) is 0 Å². The van der Waals surface area contributed by atoms with Gasteiger partial charge in [0.05, 0.1) is 39.6 Å². The van der Waals surface area contributed by atoms with Crippen molar-refractivity contribution in [1.82, 2.24) is 0 Å². The van der Waals surface area contributed by atoms with Crippen molar-refractivity contribution in [1.29, 1.82) is 0 Å². The van der Waals surface area contributed by atoms with E-state index >= 15 is 4.39 Å². The first kappa shape index (κ1) is 55.0. The third-order valence-corrected chi connectivity index (χ3v) is 14.3. The first-order valence-electron chi connectivity index (χ1n) is 24.4. The molecule has 0 N–H and O–H groups in total. The van der Waals surface area contributed by atoms with Gasteiger partial charge in [0.1, 0.15) is 37.1 Å². The Kier molecular flexibility index (Phi) is 24.8. The lowest BCUT2D eigenvalue weighted by Gasteiger charge is -2.47. The molecule has 0 bridgehead atoms. The monoisotopic (exact) mass is 976 g/mol. The van der Waals surface area contributed by atoms with Crippen molar-refractivity contribution in [3.05, 3.63) is 144 Å². The van der Waals surface area contributed by atoms with E-state index in [1.807, 2.05) is 121 Å². The lowest BCUT2D eigenvalue weighted by Crippen LogP contribution is -2.65. The topological polar surface area (TPSA) is 117 Å². The zero-order valence-corrected chi connectivity index (χ0v) is 42.6. The van der Waals surface area contributed by atoms with Crippen LogP contribution in [0.15, 0.2) is 121 Å². The predicted molar refractivity (Wildman–Crippen MR) is 266 cm³/mol. The fraction of sp³-hybridized carbons (Fsp3) is 0.519. The van der Waals surface area contributed by atoms with Crippen LogP contribution in [-0.2, 0) is 78.0 Å². The normalized spacial score (nSPS) is 20.4. The number of hydrogen-bond acceptors (Lipinski definition) is 11. The van der Waals surface area contributed by atoms with Crippen LogP contribution >= 0.6 is 8.60 Å². The fourth-order valence-electron chi connectivity index (χ4n) is 7.48. The van der Waals surface area contributed by atoms with Crippen LogP contribution in [0, 0.1) is 0 Å². The summed E-state index contributed by atoms with van der Waals surface area (Å²) in [6, 6.07) is 39.4. The zero-order chi connectivity index (χ0) is 48.4. The molecule has 0 aromatic heterocycles. The average molecular weight is 977 g/mol. The van der Waals surface area contributed by atoms with Gasteiger partial charge in [-0.1, -0.05) is 180 Å². The maximum atomic E-state index is 18.1. The molecule has 0 spiro atoms. The van der Waals surface area contributed by atoms with Crippen LogP contribution in [0.3, 0.4) is 0 Å². The zero-order valence-electron chi connectivity index (χ0n) is 40.7. The minimum absolute atomic E-state index is 0.0885. The Morgan fingerprint density at radius 1 is 0.544 bits per heavy atom. The second-order valence-corrected chi connectivity index (χ2v) is 25.2. The number of unbranched alkanes of at least 4 members (excludes halogenated alkanes) is 4. The summed E-state index contributed by atoms with van der Waals surface area (Å²) in [7, 11) is -3.99. The average Bonchev–Trinajstić information content (AvgIpc) is 3.34. The smallest absolute Gasteiger partial charge is 0.333 e. The Balaban J connectivity index is 1.51. The third kappa shape index (κ3) is 20.2. The summed E-state index contributed by atoms with van der Waals surface area (Å²) >= 11 is 0. The Morgan fingerprint density at radius 2 is 0.956 bits per heavy atom. The van der Waals surface area contributed by atoms with Crippen LogP contribution in [0.5, 0.6) is 0 Å². The van der Waals surface area contributed by atoms with Gasteiger partial charge in [0, 0.05) is 20.9 Å². The van der Waals surface area contributed by atoms with Crippen LogP contribution in [0.2, 0.25) is 25.7 Å². The van der Waals surface area contributed by atoms with Gasteiger partial charge in [-0.2, -0.15) is 0 Å². The number of hydrogen-bond donors (Lipinski definition) is 0. The highest BCUT2D eigenvalue weighted by atomic mass is 31.2. The van der Waals surface area contributed by atoms with Crippen LogP contribution in [0.1, 0.15) is 87.5 Å². The van der Waals surface area contributed by atoms with Gasteiger partial charge in [-0.25, -0.2) is 4.39 Å². The minimum atomic E-state index is -2.35. The molecule has 372 valence electrons. The van der Waals surface area contributed by atoms with Crippen molar-refractivity contribution in [3.63, 3.8) is 0 Å². The van der Waals surface area contributed by atoms with Gasteiger partial charge in [-0.15, -0.1) is 0 Å². The molecule has 5 rings (SSSR count). The number of carbonyl (C=O) groups is 2. The molecule has 0 aliphatic heterocycles. The quantitative estimate of drug-likeness (QED) is 0.0201. The van der Waals surface area contributed by atoms with Crippen molar-refractivity contribution >= 4 is 28.6 Å². The molecule has 14 heteroatoms. The Morgan fingerprint density at radius 3 is 1.40 bits per heavy atom. The van der Waals surface area contributed by atoms with Crippen molar-refractivity contribution in [2.24, 2.45) is 0 Å². The van der Waals surface area contributed by atoms with Crippen molar-refractivity contribution < 1.29 is 56.0 Å². The van der Waals surface area contributed by atoms with Crippen LogP contribution in [0.4, 0.5) is 4.39 Å². The van der Waals surface area contributed by atoms with Gasteiger partial charge in [-0.05, 0) is 41.1 Å². The van der Waals surface area contributed by atoms with Gasteiger partial charge >= 0.3 is 20.5 Å². The molecule has 1 fully saturated rings. The summed E-state index contributed by atoms with van der Waals surface area (Å²) in [5.41, 5.74) is 3.51. The standard InChI is InChI=1S/C54H74FO11PSi/c1-6-8-14-32-47(56)58-40-46(65-48(57)33-15-9-7-2)41-64-67(63-34-35-68(3,4)5)66-51-49(55)50(59-36-42-24-16-10-17-25-42)52(60-37-43-26-18-11-19-27-43)54(62-39-45-30-22-13-23-31-45)53(51)61-38-44-28-20-12-21-29-44/h10-13,16-31,46,49-54H,6-9,14-15,32-41H2,1-5H3/t46-,49+,50+,51-,52-,53+,54+,67?/m1/s1. The number of esters is 2. The molecule has 4 aromatic carbocycles. The molecule has 8 atom stereocenters. The third-order valence-electron chi connectivity index (χ3n) is 11.4. The second kappa shape index (κ2) is 30.7. The van der Waals surface area contributed by atoms with E-state index in [9.17, 15) is 9.59 Å². The Labute approximate surface area is 406 Å². The van der Waals surface area contributed by atoms with Crippen molar-refractivity contribution in [3.8, 4) is 0 Å². The molecular weight excluding hydrogens is 903 g/mol. The van der Waals surface area contributed by atoms with Crippen LogP contribution < -0.4 is 0 Å². The molecule has 0 heterocycles. The van der Waals surface area contributed by atoms with E-state index < -0.39 is 65.4 Å². The first-order valence-corrected chi connectivity index (χ1v) is 29.2. The summed E-state index contributed by atoms with van der Waals surface area (Å²) in [6.07, 6.45) is -2.86. The van der Waals surface area contributed by atoms with E-state index in [0.717, 1.165) is 54.0 Å². The highest BCUT2D eigenvalue weighted by molar-refractivity contribution is 7.41. The summed E-state index contributed by atoms with van der Waals surface area (Å²) < 4.78 is 76.3. The summed E-state index contributed by atoms with van der Waals surface area (Å²) in [5.74, 6) is -0.814. The fourth-order valence-corrected chi connectivity index (χ4v) is 9.52. The molecule has 0 amide bonds. The summed E-state index contributed by atoms with van der Waals surface area (Å²) in [6.45, 7) is 11.2. The van der Waals surface area contributed by atoms with Crippen LogP contribution in [0.25, 0.3) is 0 Å². The van der Waals surface area contributed by atoms with E-state index in [1.54, 1.807) is 0 Å². The largest absolute Gasteiger partial charge is 0.462 e. The number of halogens is 1. The lowest BCUT2D eigenvalue weighted by atomic mass is 9.84.